The van der Waals surface area contributed by atoms with E-state index in [0.29, 0.717) is 6.42 Å². The fraction of sp³-hybridized carbons (Fsp3) is 0.357. The van der Waals surface area contributed by atoms with E-state index in [0.717, 1.165) is 19.3 Å². The molecule has 4 heteroatoms. The van der Waals surface area contributed by atoms with Crippen LogP contribution in [0.3, 0.4) is 0 Å². The summed E-state index contributed by atoms with van der Waals surface area (Å²) in [7, 11) is 0. The van der Waals surface area contributed by atoms with Crippen molar-refractivity contribution in [1.82, 2.24) is 4.98 Å². The number of Topliss-reactive ketones (excluding diaryl/α,β-unsaturated/α-hetero) is 2. The zero-order valence-corrected chi connectivity index (χ0v) is 10.3. The number of aliphatic hydroxyl groups excluding tert-OH is 1. The van der Waals surface area contributed by atoms with Gasteiger partial charge in [0, 0.05) is 11.8 Å². The fourth-order valence-corrected chi connectivity index (χ4v) is 2.07. The van der Waals surface area contributed by atoms with Crippen molar-refractivity contribution in [1.29, 1.82) is 0 Å². The maximum absolute atomic E-state index is 11.9. The molecule has 4 nitrogen and oxygen atoms in total. The number of carbonyl (C=O) groups is 2. The summed E-state index contributed by atoms with van der Waals surface area (Å²) in [6, 6.07) is 3.10. The molecule has 0 unspecified atom stereocenters. The number of unbranched alkanes of at least 4 members (excludes halogenated alkanes) is 2. The molecule has 18 heavy (non-hydrogen) atoms. The van der Waals surface area contributed by atoms with Crippen LogP contribution in [0, 0.1) is 0 Å². The second kappa shape index (κ2) is 5.12. The van der Waals surface area contributed by atoms with Crippen molar-refractivity contribution in [2.24, 2.45) is 0 Å². The SMILES string of the molecule is CCCCCC1=C(O)c2ncccc2C(=O)C1=O. The number of carbonyl (C=O) groups excluding carboxylic acids is 2. The molecular weight excluding hydrogens is 230 g/mol. The van der Waals surface area contributed by atoms with Gasteiger partial charge in [-0.05, 0) is 25.0 Å². The van der Waals surface area contributed by atoms with E-state index in [2.05, 4.69) is 11.9 Å². The summed E-state index contributed by atoms with van der Waals surface area (Å²) in [5.74, 6) is -1.29. The van der Waals surface area contributed by atoms with Crippen LogP contribution in [-0.2, 0) is 4.79 Å². The minimum absolute atomic E-state index is 0.133. The van der Waals surface area contributed by atoms with E-state index in [1.165, 1.54) is 12.3 Å². The largest absolute Gasteiger partial charge is 0.505 e. The Morgan fingerprint density at radius 3 is 2.72 bits per heavy atom. The third kappa shape index (κ3) is 2.06. The molecule has 0 saturated carbocycles. The number of ketones is 2. The van der Waals surface area contributed by atoms with Gasteiger partial charge in [0.2, 0.25) is 11.6 Å². The predicted molar refractivity (Wildman–Crippen MR) is 67.3 cm³/mol. The molecule has 1 aliphatic rings. The van der Waals surface area contributed by atoms with E-state index in [1.807, 2.05) is 0 Å². The van der Waals surface area contributed by atoms with Gasteiger partial charge in [0.1, 0.15) is 11.5 Å². The number of aliphatic hydroxyl groups is 1. The Morgan fingerprint density at radius 1 is 1.22 bits per heavy atom. The molecule has 94 valence electrons. The first-order valence-corrected chi connectivity index (χ1v) is 6.13. The summed E-state index contributed by atoms with van der Waals surface area (Å²) in [5, 5.41) is 10.1. The molecule has 0 fully saturated rings. The lowest BCUT2D eigenvalue weighted by atomic mass is 9.89. The van der Waals surface area contributed by atoms with Gasteiger partial charge >= 0.3 is 0 Å². The molecule has 0 aliphatic heterocycles. The summed E-state index contributed by atoms with van der Waals surface area (Å²) in [6.07, 6.45) is 4.71. The standard InChI is InChI=1S/C14H15NO3/c1-2-3-4-6-10-12(16)11-9(7-5-8-15-11)13(17)14(10)18/h5,7-8,16H,2-4,6H2,1H3. The molecule has 0 radical (unpaired) electrons. The van der Waals surface area contributed by atoms with Crippen LogP contribution in [0.2, 0.25) is 0 Å². The smallest absolute Gasteiger partial charge is 0.235 e. The molecule has 1 heterocycles. The topological polar surface area (TPSA) is 67.3 Å². The number of hydrogen-bond acceptors (Lipinski definition) is 4. The average molecular weight is 245 g/mol. The van der Waals surface area contributed by atoms with Crippen LogP contribution in [-0.4, -0.2) is 21.7 Å². The zero-order valence-electron chi connectivity index (χ0n) is 10.3. The van der Waals surface area contributed by atoms with E-state index in [9.17, 15) is 14.7 Å². The highest BCUT2D eigenvalue weighted by molar-refractivity contribution is 6.52. The van der Waals surface area contributed by atoms with Crippen molar-refractivity contribution in [3.8, 4) is 0 Å². The molecule has 1 aromatic heterocycles. The van der Waals surface area contributed by atoms with Gasteiger partial charge in [-0.1, -0.05) is 19.8 Å². The van der Waals surface area contributed by atoms with Crippen LogP contribution in [0.25, 0.3) is 5.76 Å². The van der Waals surface area contributed by atoms with Gasteiger partial charge in [0.25, 0.3) is 0 Å². The predicted octanol–water partition coefficient (Wildman–Crippen LogP) is 2.70. The van der Waals surface area contributed by atoms with Crippen molar-refractivity contribution in [3.63, 3.8) is 0 Å². The third-order valence-corrected chi connectivity index (χ3v) is 3.07. The first-order chi connectivity index (χ1) is 8.66. The van der Waals surface area contributed by atoms with E-state index >= 15 is 0 Å². The van der Waals surface area contributed by atoms with Crippen LogP contribution < -0.4 is 0 Å². The Morgan fingerprint density at radius 2 is 2.00 bits per heavy atom. The highest BCUT2D eigenvalue weighted by Crippen LogP contribution is 2.28. The molecule has 2 rings (SSSR count). The quantitative estimate of drug-likeness (QED) is 0.654. The van der Waals surface area contributed by atoms with Gasteiger partial charge in [-0.3, -0.25) is 14.6 Å². The van der Waals surface area contributed by atoms with Gasteiger partial charge in [-0.15, -0.1) is 0 Å². The maximum atomic E-state index is 11.9. The molecule has 0 spiro atoms. The zero-order chi connectivity index (χ0) is 13.1. The van der Waals surface area contributed by atoms with Gasteiger partial charge in [0.15, 0.2) is 0 Å². The van der Waals surface area contributed by atoms with Crippen molar-refractivity contribution in [2.75, 3.05) is 0 Å². The minimum Gasteiger partial charge on any atom is -0.505 e. The van der Waals surface area contributed by atoms with Gasteiger partial charge in [0.05, 0.1) is 5.56 Å². The summed E-state index contributed by atoms with van der Waals surface area (Å²) in [6.45, 7) is 2.05. The summed E-state index contributed by atoms with van der Waals surface area (Å²) >= 11 is 0. The lowest BCUT2D eigenvalue weighted by Crippen LogP contribution is -2.24. The Labute approximate surface area is 105 Å². The molecule has 0 aromatic carbocycles. The molecule has 0 atom stereocenters. The number of hydrogen-bond donors (Lipinski definition) is 1. The molecular formula is C14H15NO3. The number of allylic oxidation sites excluding steroid dienone is 1. The van der Waals surface area contributed by atoms with Crippen LogP contribution in [0.4, 0.5) is 0 Å². The summed E-state index contributed by atoms with van der Waals surface area (Å²) in [5.41, 5.74) is 0.632. The van der Waals surface area contributed by atoms with E-state index in [-0.39, 0.29) is 22.6 Å². The first-order valence-electron chi connectivity index (χ1n) is 6.13. The Bertz CT molecular complexity index is 532. The number of nitrogens with zero attached hydrogens (tertiary/aromatic N) is 1. The molecule has 0 bridgehead atoms. The summed E-state index contributed by atoms with van der Waals surface area (Å²) < 4.78 is 0. The Hall–Kier alpha value is -1.97. The second-order valence-electron chi connectivity index (χ2n) is 4.34. The van der Waals surface area contributed by atoms with Gasteiger partial charge in [-0.25, -0.2) is 0 Å². The normalized spacial score (nSPS) is 14.9. The monoisotopic (exact) mass is 245 g/mol. The number of rotatable bonds is 4. The van der Waals surface area contributed by atoms with Crippen molar-refractivity contribution in [3.05, 3.63) is 35.2 Å². The number of pyridine rings is 1. The molecule has 1 aromatic rings. The second-order valence-corrected chi connectivity index (χ2v) is 4.34. The van der Waals surface area contributed by atoms with E-state index < -0.39 is 11.6 Å². The van der Waals surface area contributed by atoms with Crippen molar-refractivity contribution >= 4 is 17.3 Å². The molecule has 1 aliphatic carbocycles. The Balaban J connectivity index is 2.39. The lowest BCUT2D eigenvalue weighted by Gasteiger charge is -2.16. The maximum Gasteiger partial charge on any atom is 0.235 e. The first kappa shape index (κ1) is 12.5. The third-order valence-electron chi connectivity index (χ3n) is 3.07. The van der Waals surface area contributed by atoms with Crippen LogP contribution in [0.1, 0.15) is 48.7 Å². The van der Waals surface area contributed by atoms with Crippen LogP contribution >= 0.6 is 0 Å². The fourth-order valence-electron chi connectivity index (χ4n) is 2.07. The molecule has 1 N–H and O–H groups in total. The van der Waals surface area contributed by atoms with Gasteiger partial charge in [-0.2, -0.15) is 0 Å². The number of fused-ring (bicyclic) bond motifs is 1. The van der Waals surface area contributed by atoms with E-state index in [1.54, 1.807) is 6.07 Å². The lowest BCUT2D eigenvalue weighted by molar-refractivity contribution is -0.112. The highest BCUT2D eigenvalue weighted by atomic mass is 16.3. The average Bonchev–Trinajstić information content (AvgIpc) is 2.40. The minimum atomic E-state index is -0.593. The Kier molecular flexibility index (Phi) is 3.55. The van der Waals surface area contributed by atoms with Crippen LogP contribution in [0.15, 0.2) is 23.9 Å². The molecule has 0 saturated heterocycles. The number of aromatic nitrogens is 1. The van der Waals surface area contributed by atoms with Crippen LogP contribution in [0.5, 0.6) is 0 Å². The van der Waals surface area contributed by atoms with Crippen molar-refractivity contribution < 1.29 is 14.7 Å². The van der Waals surface area contributed by atoms with Crippen molar-refractivity contribution in [2.45, 2.75) is 32.6 Å². The molecule has 0 amide bonds. The van der Waals surface area contributed by atoms with E-state index in [4.69, 9.17) is 0 Å². The van der Waals surface area contributed by atoms with Gasteiger partial charge < -0.3 is 5.11 Å². The summed E-state index contributed by atoms with van der Waals surface area (Å²) in [4.78, 5) is 27.8. The highest BCUT2D eigenvalue weighted by Gasteiger charge is 2.32.